The molecule has 0 saturated carbocycles. The Kier molecular flexibility index (Phi) is 5.76. The SMILES string of the molecule is CC(C)c1cccc(NC(=O)C(C)S(=O)(=O)c2ccc([N+](=O)[O-])cc2)c1. The van der Waals surface area contributed by atoms with E-state index in [0.29, 0.717) is 5.69 Å². The Morgan fingerprint density at radius 3 is 2.23 bits per heavy atom. The number of nitrogens with zero attached hydrogens (tertiary/aromatic N) is 1. The molecule has 1 atom stereocenters. The molecule has 0 fully saturated rings. The van der Waals surface area contributed by atoms with Crippen molar-refractivity contribution in [1.29, 1.82) is 0 Å². The van der Waals surface area contributed by atoms with Crippen molar-refractivity contribution in [3.63, 3.8) is 0 Å². The summed E-state index contributed by atoms with van der Waals surface area (Å²) < 4.78 is 25.2. The van der Waals surface area contributed by atoms with Crippen LogP contribution < -0.4 is 5.32 Å². The van der Waals surface area contributed by atoms with Crippen molar-refractivity contribution in [2.24, 2.45) is 0 Å². The summed E-state index contributed by atoms with van der Waals surface area (Å²) in [7, 11) is -3.96. The highest BCUT2D eigenvalue weighted by molar-refractivity contribution is 7.92. The molecule has 0 radical (unpaired) electrons. The number of amides is 1. The smallest absolute Gasteiger partial charge is 0.269 e. The van der Waals surface area contributed by atoms with Crippen LogP contribution in [0.3, 0.4) is 0 Å². The minimum absolute atomic E-state index is 0.137. The van der Waals surface area contributed by atoms with Crippen molar-refractivity contribution in [3.8, 4) is 0 Å². The van der Waals surface area contributed by atoms with E-state index in [1.807, 2.05) is 19.9 Å². The van der Waals surface area contributed by atoms with Gasteiger partial charge < -0.3 is 5.32 Å². The van der Waals surface area contributed by atoms with Gasteiger partial charge in [0.15, 0.2) is 9.84 Å². The summed E-state index contributed by atoms with van der Waals surface area (Å²) in [6.07, 6.45) is 0. The average molecular weight is 376 g/mol. The van der Waals surface area contributed by atoms with E-state index in [2.05, 4.69) is 5.32 Å². The zero-order valence-corrected chi connectivity index (χ0v) is 15.5. The Hall–Kier alpha value is -2.74. The van der Waals surface area contributed by atoms with Crippen LogP contribution in [0.25, 0.3) is 0 Å². The van der Waals surface area contributed by atoms with E-state index in [9.17, 15) is 23.3 Å². The van der Waals surface area contributed by atoms with Crippen molar-refractivity contribution in [3.05, 3.63) is 64.2 Å². The van der Waals surface area contributed by atoms with Crippen molar-refractivity contribution >= 4 is 27.1 Å². The van der Waals surface area contributed by atoms with E-state index >= 15 is 0 Å². The van der Waals surface area contributed by atoms with Gasteiger partial charge in [-0.05, 0) is 42.7 Å². The molecule has 2 aromatic rings. The molecule has 0 heterocycles. The molecule has 0 aliphatic rings. The van der Waals surface area contributed by atoms with Gasteiger partial charge in [-0.25, -0.2) is 8.42 Å². The minimum atomic E-state index is -3.96. The molecule has 138 valence electrons. The predicted octanol–water partition coefficient (Wildman–Crippen LogP) is 3.52. The molecule has 26 heavy (non-hydrogen) atoms. The van der Waals surface area contributed by atoms with Gasteiger partial charge in [-0.15, -0.1) is 0 Å². The summed E-state index contributed by atoms with van der Waals surface area (Å²) in [5, 5.41) is 11.9. The number of carbonyl (C=O) groups is 1. The molecule has 2 rings (SSSR count). The Bertz CT molecular complexity index is 921. The fourth-order valence-electron chi connectivity index (χ4n) is 2.32. The van der Waals surface area contributed by atoms with Gasteiger partial charge in [0.05, 0.1) is 9.82 Å². The standard InChI is InChI=1S/C18H20N2O5S/c1-12(2)14-5-4-6-15(11-14)19-18(21)13(3)26(24,25)17-9-7-16(8-10-17)20(22)23/h4-13H,1-3H3,(H,19,21). The first kappa shape index (κ1) is 19.6. The first-order chi connectivity index (χ1) is 12.1. The lowest BCUT2D eigenvalue weighted by Gasteiger charge is -2.14. The third-order valence-electron chi connectivity index (χ3n) is 4.03. The highest BCUT2D eigenvalue weighted by Crippen LogP contribution is 2.22. The Morgan fingerprint density at radius 2 is 1.69 bits per heavy atom. The number of hydrogen-bond acceptors (Lipinski definition) is 5. The lowest BCUT2D eigenvalue weighted by molar-refractivity contribution is -0.384. The highest BCUT2D eigenvalue weighted by Gasteiger charge is 2.30. The maximum atomic E-state index is 12.6. The summed E-state index contributed by atoms with van der Waals surface area (Å²) in [4.78, 5) is 22.3. The number of nitro benzene ring substituents is 1. The molecular weight excluding hydrogens is 356 g/mol. The van der Waals surface area contributed by atoms with E-state index < -0.39 is 25.9 Å². The molecule has 0 aliphatic carbocycles. The van der Waals surface area contributed by atoms with Gasteiger partial charge in [0.25, 0.3) is 5.69 Å². The third-order valence-corrected chi connectivity index (χ3v) is 6.11. The van der Waals surface area contributed by atoms with Crippen LogP contribution in [0.5, 0.6) is 0 Å². The van der Waals surface area contributed by atoms with E-state index in [4.69, 9.17) is 0 Å². The Morgan fingerprint density at radius 1 is 1.08 bits per heavy atom. The highest BCUT2D eigenvalue weighted by atomic mass is 32.2. The van der Waals surface area contributed by atoms with Crippen molar-refractivity contribution in [2.45, 2.75) is 36.8 Å². The molecule has 2 aromatic carbocycles. The zero-order valence-electron chi connectivity index (χ0n) is 14.7. The van der Waals surface area contributed by atoms with Crippen LogP contribution in [-0.2, 0) is 14.6 Å². The largest absolute Gasteiger partial charge is 0.325 e. The van der Waals surface area contributed by atoms with Crippen LogP contribution in [0.15, 0.2) is 53.4 Å². The van der Waals surface area contributed by atoms with Crippen LogP contribution in [0.2, 0.25) is 0 Å². The topological polar surface area (TPSA) is 106 Å². The molecule has 1 N–H and O–H groups in total. The van der Waals surface area contributed by atoms with E-state index in [1.54, 1.807) is 18.2 Å². The van der Waals surface area contributed by atoms with Crippen LogP contribution in [0, 0.1) is 10.1 Å². The average Bonchev–Trinajstić information content (AvgIpc) is 2.61. The van der Waals surface area contributed by atoms with Crippen molar-refractivity contribution in [2.75, 3.05) is 5.32 Å². The molecule has 0 aliphatic heterocycles. The van der Waals surface area contributed by atoms with E-state index in [-0.39, 0.29) is 16.5 Å². The lowest BCUT2D eigenvalue weighted by atomic mass is 10.0. The van der Waals surface area contributed by atoms with Gasteiger partial charge in [0, 0.05) is 17.8 Å². The molecule has 1 unspecified atom stereocenters. The molecule has 0 saturated heterocycles. The number of benzene rings is 2. The van der Waals surface area contributed by atoms with Gasteiger partial charge in [-0.1, -0.05) is 26.0 Å². The summed E-state index contributed by atoms with van der Waals surface area (Å²) in [6, 6.07) is 11.7. The van der Waals surface area contributed by atoms with E-state index in [0.717, 1.165) is 29.8 Å². The summed E-state index contributed by atoms with van der Waals surface area (Å²) in [5.74, 6) is -0.391. The third kappa shape index (κ3) is 4.26. The number of carbonyl (C=O) groups excluding carboxylic acids is 1. The molecular formula is C18H20N2O5S. The number of rotatable bonds is 6. The number of nitrogens with one attached hydrogen (secondary N) is 1. The monoisotopic (exact) mass is 376 g/mol. The maximum absolute atomic E-state index is 12.6. The second-order valence-corrected chi connectivity index (χ2v) is 8.48. The molecule has 7 nitrogen and oxygen atoms in total. The molecule has 0 bridgehead atoms. The summed E-state index contributed by atoms with van der Waals surface area (Å²) in [5.41, 5.74) is 1.33. The normalized spacial score (nSPS) is 12.6. The second kappa shape index (κ2) is 7.65. The number of hydrogen-bond donors (Lipinski definition) is 1. The van der Waals surface area contributed by atoms with Gasteiger partial charge >= 0.3 is 0 Å². The van der Waals surface area contributed by atoms with Crippen molar-refractivity contribution in [1.82, 2.24) is 0 Å². The van der Waals surface area contributed by atoms with Crippen molar-refractivity contribution < 1.29 is 18.1 Å². The van der Waals surface area contributed by atoms with Crippen LogP contribution in [0.1, 0.15) is 32.3 Å². The summed E-state index contributed by atoms with van der Waals surface area (Å²) in [6.45, 7) is 5.32. The van der Waals surface area contributed by atoms with Crippen LogP contribution in [-0.4, -0.2) is 24.5 Å². The molecule has 8 heteroatoms. The maximum Gasteiger partial charge on any atom is 0.269 e. The quantitative estimate of drug-likeness (QED) is 0.613. The predicted molar refractivity (Wildman–Crippen MR) is 98.9 cm³/mol. The lowest BCUT2D eigenvalue weighted by Crippen LogP contribution is -2.32. The first-order valence-electron chi connectivity index (χ1n) is 8.02. The number of nitro groups is 1. The molecule has 1 amide bonds. The van der Waals surface area contributed by atoms with Crippen LogP contribution in [0.4, 0.5) is 11.4 Å². The fraction of sp³-hybridized carbons (Fsp3) is 0.278. The minimum Gasteiger partial charge on any atom is -0.325 e. The number of anilines is 1. The van der Waals surface area contributed by atoms with Gasteiger partial charge in [-0.2, -0.15) is 0 Å². The summed E-state index contributed by atoms with van der Waals surface area (Å²) >= 11 is 0. The van der Waals surface area contributed by atoms with Gasteiger partial charge in [-0.3, -0.25) is 14.9 Å². The van der Waals surface area contributed by atoms with Gasteiger partial charge in [0.1, 0.15) is 5.25 Å². The Labute approximate surface area is 152 Å². The zero-order chi connectivity index (χ0) is 19.5. The van der Waals surface area contributed by atoms with Gasteiger partial charge in [0.2, 0.25) is 5.91 Å². The number of non-ortho nitro benzene ring substituents is 1. The van der Waals surface area contributed by atoms with Crippen LogP contribution >= 0.6 is 0 Å². The first-order valence-corrected chi connectivity index (χ1v) is 9.56. The number of sulfone groups is 1. The molecule has 0 aromatic heterocycles. The molecule has 0 spiro atoms. The fourth-order valence-corrected chi connectivity index (χ4v) is 3.59. The van der Waals surface area contributed by atoms with E-state index in [1.165, 1.54) is 6.92 Å². The second-order valence-electron chi connectivity index (χ2n) is 6.21. The Balaban J connectivity index is 2.20.